The van der Waals surface area contributed by atoms with Gasteiger partial charge in [-0.25, -0.2) is 4.39 Å². The third-order valence-corrected chi connectivity index (χ3v) is 3.77. The van der Waals surface area contributed by atoms with Gasteiger partial charge in [0.25, 0.3) is 0 Å². The molecule has 0 aliphatic heterocycles. The van der Waals surface area contributed by atoms with Crippen molar-refractivity contribution in [3.8, 4) is 0 Å². The van der Waals surface area contributed by atoms with Gasteiger partial charge in [-0.2, -0.15) is 13.2 Å². The molecule has 0 atom stereocenters. The zero-order chi connectivity index (χ0) is 14.8. The number of rotatable bonds is 4. The van der Waals surface area contributed by atoms with Gasteiger partial charge in [0.05, 0.1) is 9.90 Å². The molecule has 20 heavy (non-hydrogen) atoms. The Kier molecular flexibility index (Phi) is 4.67. The van der Waals surface area contributed by atoms with Gasteiger partial charge in [-0.1, -0.05) is 11.6 Å². The number of hydrogen-bond donors (Lipinski definition) is 1. The Balaban J connectivity index is 2.00. The molecule has 0 saturated heterocycles. The minimum Gasteiger partial charge on any atom is -0.308 e. The van der Waals surface area contributed by atoms with Crippen LogP contribution in [0, 0.1) is 5.82 Å². The molecule has 1 heterocycles. The Morgan fingerprint density at radius 2 is 1.85 bits per heavy atom. The zero-order valence-corrected chi connectivity index (χ0v) is 11.7. The predicted molar refractivity (Wildman–Crippen MR) is 71.3 cm³/mol. The summed E-state index contributed by atoms with van der Waals surface area (Å²) in [7, 11) is 0. The Hall–Kier alpha value is -1.11. The van der Waals surface area contributed by atoms with Crippen LogP contribution < -0.4 is 5.32 Å². The van der Waals surface area contributed by atoms with Gasteiger partial charge in [-0.05, 0) is 35.9 Å². The van der Waals surface area contributed by atoms with Crippen LogP contribution in [0.5, 0.6) is 0 Å². The van der Waals surface area contributed by atoms with Crippen LogP contribution in [-0.2, 0) is 19.3 Å². The monoisotopic (exact) mass is 323 g/mol. The summed E-state index contributed by atoms with van der Waals surface area (Å²) in [6, 6.07) is 6.09. The third-order valence-electron chi connectivity index (χ3n) is 2.54. The topological polar surface area (TPSA) is 12.0 Å². The lowest BCUT2D eigenvalue weighted by molar-refractivity contribution is -0.137. The standard InChI is InChI=1S/C13H10ClF4NS/c14-12-2-1-11(20-12)7-19-6-8-3-9(13(16,17)18)5-10(15)4-8/h1-5,19H,6-7H2. The molecule has 1 nitrogen and oxygen atoms in total. The van der Waals surface area contributed by atoms with Gasteiger partial charge in [0.1, 0.15) is 5.82 Å². The van der Waals surface area contributed by atoms with E-state index in [1.54, 1.807) is 6.07 Å². The number of hydrogen-bond acceptors (Lipinski definition) is 2. The quantitative estimate of drug-likeness (QED) is 0.793. The molecular weight excluding hydrogens is 314 g/mol. The van der Waals surface area contributed by atoms with Crippen LogP contribution in [0.25, 0.3) is 0 Å². The molecule has 0 saturated carbocycles. The molecule has 0 bridgehead atoms. The molecule has 0 fully saturated rings. The maximum atomic E-state index is 13.2. The van der Waals surface area contributed by atoms with Gasteiger partial charge >= 0.3 is 6.18 Å². The highest BCUT2D eigenvalue weighted by molar-refractivity contribution is 7.16. The summed E-state index contributed by atoms with van der Waals surface area (Å²) >= 11 is 7.15. The van der Waals surface area contributed by atoms with Crippen LogP contribution in [0.4, 0.5) is 17.6 Å². The van der Waals surface area contributed by atoms with E-state index in [-0.39, 0.29) is 12.1 Å². The Labute approximate surface area is 122 Å². The molecule has 0 spiro atoms. The summed E-state index contributed by atoms with van der Waals surface area (Å²) in [5, 5.41) is 2.95. The highest BCUT2D eigenvalue weighted by Gasteiger charge is 2.31. The van der Waals surface area contributed by atoms with Crippen LogP contribution in [0.2, 0.25) is 4.34 Å². The van der Waals surface area contributed by atoms with E-state index in [1.165, 1.54) is 11.3 Å². The van der Waals surface area contributed by atoms with Crippen LogP contribution in [0.1, 0.15) is 16.0 Å². The summed E-state index contributed by atoms with van der Waals surface area (Å²) in [5.74, 6) is -0.893. The maximum Gasteiger partial charge on any atom is 0.416 e. The van der Waals surface area contributed by atoms with Gasteiger partial charge in [0, 0.05) is 18.0 Å². The van der Waals surface area contributed by atoms with E-state index in [1.807, 2.05) is 6.07 Å². The molecule has 1 aromatic carbocycles. The number of halogens is 5. The second-order valence-corrected chi connectivity index (χ2v) is 5.95. The molecule has 108 valence electrons. The molecular formula is C13H10ClF4NS. The predicted octanol–water partition coefficient (Wildman–Crippen LogP) is 4.85. The molecule has 0 aliphatic carbocycles. The Morgan fingerprint density at radius 1 is 1.10 bits per heavy atom. The SMILES string of the molecule is Fc1cc(CNCc2ccc(Cl)s2)cc(C(F)(F)F)c1. The van der Waals surface area contributed by atoms with E-state index in [9.17, 15) is 17.6 Å². The Bertz CT molecular complexity index is 594. The molecule has 0 radical (unpaired) electrons. The molecule has 2 aromatic rings. The molecule has 1 aromatic heterocycles. The van der Waals surface area contributed by atoms with Crippen molar-refractivity contribution in [3.05, 3.63) is 56.5 Å². The smallest absolute Gasteiger partial charge is 0.308 e. The minimum absolute atomic E-state index is 0.149. The fourth-order valence-electron chi connectivity index (χ4n) is 1.69. The normalized spacial score (nSPS) is 11.8. The van der Waals surface area contributed by atoms with E-state index in [0.29, 0.717) is 16.9 Å². The van der Waals surface area contributed by atoms with E-state index in [4.69, 9.17) is 11.6 Å². The molecule has 0 amide bonds. The fraction of sp³-hybridized carbons (Fsp3) is 0.231. The van der Waals surface area contributed by atoms with Gasteiger partial charge in [0.2, 0.25) is 0 Å². The van der Waals surface area contributed by atoms with E-state index in [2.05, 4.69) is 5.32 Å². The van der Waals surface area contributed by atoms with E-state index in [0.717, 1.165) is 17.0 Å². The molecule has 7 heteroatoms. The fourth-order valence-corrected chi connectivity index (χ4v) is 2.75. The van der Waals surface area contributed by atoms with Gasteiger partial charge in [-0.15, -0.1) is 11.3 Å². The van der Waals surface area contributed by atoms with Crippen LogP contribution in [0.3, 0.4) is 0 Å². The number of alkyl halides is 3. The summed E-state index contributed by atoms with van der Waals surface area (Å²) in [6.07, 6.45) is -4.54. The first-order valence-corrected chi connectivity index (χ1v) is 6.85. The number of benzene rings is 1. The summed E-state index contributed by atoms with van der Waals surface area (Å²) < 4.78 is 51.4. The number of thiophene rings is 1. The van der Waals surface area contributed by atoms with Gasteiger partial charge in [-0.3, -0.25) is 0 Å². The first-order valence-electron chi connectivity index (χ1n) is 5.66. The Morgan fingerprint density at radius 3 is 2.45 bits per heavy atom. The van der Waals surface area contributed by atoms with Crippen molar-refractivity contribution in [2.75, 3.05) is 0 Å². The van der Waals surface area contributed by atoms with Gasteiger partial charge in [0.15, 0.2) is 0 Å². The lowest BCUT2D eigenvalue weighted by Crippen LogP contribution is -2.13. The second-order valence-electron chi connectivity index (χ2n) is 4.16. The van der Waals surface area contributed by atoms with E-state index >= 15 is 0 Å². The summed E-state index contributed by atoms with van der Waals surface area (Å²) in [6.45, 7) is 0.617. The average molecular weight is 324 g/mol. The van der Waals surface area contributed by atoms with Crippen molar-refractivity contribution in [1.82, 2.24) is 5.32 Å². The van der Waals surface area contributed by atoms with Crippen molar-refractivity contribution in [1.29, 1.82) is 0 Å². The average Bonchev–Trinajstić information content (AvgIpc) is 2.73. The van der Waals surface area contributed by atoms with Crippen LogP contribution >= 0.6 is 22.9 Å². The maximum absolute atomic E-state index is 13.2. The van der Waals surface area contributed by atoms with E-state index < -0.39 is 17.6 Å². The minimum atomic E-state index is -4.54. The molecule has 0 aliphatic rings. The molecule has 2 rings (SSSR count). The van der Waals surface area contributed by atoms with Crippen LogP contribution in [0.15, 0.2) is 30.3 Å². The zero-order valence-electron chi connectivity index (χ0n) is 10.1. The lowest BCUT2D eigenvalue weighted by atomic mass is 10.1. The van der Waals surface area contributed by atoms with Crippen LogP contribution in [-0.4, -0.2) is 0 Å². The lowest BCUT2D eigenvalue weighted by Gasteiger charge is -2.10. The summed E-state index contributed by atoms with van der Waals surface area (Å²) in [5.41, 5.74) is -0.728. The highest BCUT2D eigenvalue weighted by Crippen LogP contribution is 2.30. The summed E-state index contributed by atoms with van der Waals surface area (Å²) in [4.78, 5) is 0.961. The van der Waals surface area contributed by atoms with Crippen molar-refractivity contribution >= 4 is 22.9 Å². The first-order chi connectivity index (χ1) is 9.34. The highest BCUT2D eigenvalue weighted by atomic mass is 35.5. The largest absolute Gasteiger partial charge is 0.416 e. The van der Waals surface area contributed by atoms with Crippen molar-refractivity contribution in [2.24, 2.45) is 0 Å². The van der Waals surface area contributed by atoms with Gasteiger partial charge < -0.3 is 5.32 Å². The van der Waals surface area contributed by atoms with Crippen molar-refractivity contribution in [2.45, 2.75) is 19.3 Å². The first kappa shape index (κ1) is 15.3. The van der Waals surface area contributed by atoms with Crippen molar-refractivity contribution < 1.29 is 17.6 Å². The molecule has 0 unspecified atom stereocenters. The molecule has 1 N–H and O–H groups in total. The second kappa shape index (κ2) is 6.11. The third kappa shape index (κ3) is 4.19. The van der Waals surface area contributed by atoms with Crippen molar-refractivity contribution in [3.63, 3.8) is 0 Å². The number of nitrogens with one attached hydrogen (secondary N) is 1.